The molecular weight excluding hydrogens is 324 g/mol. The van der Waals surface area contributed by atoms with E-state index in [1.807, 2.05) is 12.1 Å². The molecule has 0 saturated carbocycles. The largest absolute Gasteiger partial charge is 0.404 e. The number of hydrogen-bond acceptors (Lipinski definition) is 6. The number of aliphatic imine (C=N–C) groups is 1. The van der Waals surface area contributed by atoms with Gasteiger partial charge in [0.25, 0.3) is 0 Å². The molecule has 0 aliphatic carbocycles. The first-order chi connectivity index (χ1) is 12.6. The van der Waals surface area contributed by atoms with Gasteiger partial charge in [0.1, 0.15) is 11.6 Å². The number of nitrogens with zero attached hydrogens (tertiary/aromatic N) is 2. The zero-order chi connectivity index (χ0) is 18.5. The molecule has 0 bridgehead atoms. The average molecular weight is 346 g/mol. The number of nitrogens with two attached hydrogens (primary N) is 4. The first-order valence-electron chi connectivity index (χ1n) is 8.25. The van der Waals surface area contributed by atoms with Gasteiger partial charge in [0, 0.05) is 12.6 Å². The highest BCUT2D eigenvalue weighted by Gasteiger charge is 2.07. The van der Waals surface area contributed by atoms with Crippen LogP contribution in [0.4, 0.5) is 17.3 Å². The molecule has 3 rings (SSSR count). The Morgan fingerprint density at radius 3 is 2.54 bits per heavy atom. The highest BCUT2D eigenvalue weighted by molar-refractivity contribution is 5.83. The zero-order valence-electron chi connectivity index (χ0n) is 14.4. The van der Waals surface area contributed by atoms with Crippen molar-refractivity contribution in [1.82, 2.24) is 4.98 Å². The molecular formula is C20H22N6. The second-order valence-corrected chi connectivity index (χ2v) is 6.07. The number of nitrogen functional groups attached to an aromatic ring is 3. The minimum atomic E-state index is 0.226. The van der Waals surface area contributed by atoms with Crippen LogP contribution in [0, 0.1) is 0 Å². The highest BCUT2D eigenvalue weighted by atomic mass is 14.9. The van der Waals surface area contributed by atoms with Gasteiger partial charge in [0.2, 0.25) is 0 Å². The second-order valence-electron chi connectivity index (χ2n) is 6.07. The zero-order valence-corrected chi connectivity index (χ0v) is 14.4. The molecule has 0 saturated heterocycles. The summed E-state index contributed by atoms with van der Waals surface area (Å²) in [6.07, 6.45) is 3.75. The van der Waals surface area contributed by atoms with E-state index in [4.69, 9.17) is 22.9 Å². The summed E-state index contributed by atoms with van der Waals surface area (Å²) in [6.45, 7) is 0.568. The summed E-state index contributed by atoms with van der Waals surface area (Å²) < 4.78 is 0. The molecule has 0 radical (unpaired) electrons. The predicted octanol–water partition coefficient (Wildman–Crippen LogP) is 2.64. The van der Waals surface area contributed by atoms with Gasteiger partial charge in [-0.3, -0.25) is 4.99 Å². The van der Waals surface area contributed by atoms with Crippen molar-refractivity contribution in [2.45, 2.75) is 13.0 Å². The van der Waals surface area contributed by atoms with Crippen LogP contribution in [-0.2, 0) is 13.0 Å². The standard InChI is InChI=1S/C20H22N6/c21-10-14(8-17-9-18(22)26-20(24)19(17)23)12-25-11-13-5-6-15-3-1-2-4-16(15)7-13/h1-7,9-10,12H,8,11,21,23H2,(H4,22,24,26). The van der Waals surface area contributed by atoms with E-state index in [0.717, 1.165) is 16.7 Å². The maximum absolute atomic E-state index is 5.97. The number of benzene rings is 2. The van der Waals surface area contributed by atoms with Gasteiger partial charge in [-0.25, -0.2) is 4.98 Å². The third-order valence-electron chi connectivity index (χ3n) is 4.15. The maximum atomic E-state index is 5.97. The Balaban J connectivity index is 1.71. The van der Waals surface area contributed by atoms with Gasteiger partial charge in [-0.15, -0.1) is 0 Å². The SMILES string of the molecule is NC=C(C=NCc1ccc2ccccc2c1)Cc1cc(N)nc(N)c1N. The van der Waals surface area contributed by atoms with Gasteiger partial charge in [-0.2, -0.15) is 0 Å². The number of hydrogen-bond donors (Lipinski definition) is 4. The minimum Gasteiger partial charge on any atom is -0.404 e. The fourth-order valence-electron chi connectivity index (χ4n) is 2.77. The van der Waals surface area contributed by atoms with Gasteiger partial charge in [0.15, 0.2) is 0 Å². The van der Waals surface area contributed by atoms with Crippen LogP contribution in [0.3, 0.4) is 0 Å². The van der Waals surface area contributed by atoms with Crippen LogP contribution in [0.15, 0.2) is 65.3 Å². The van der Waals surface area contributed by atoms with Gasteiger partial charge in [0.05, 0.1) is 12.2 Å². The average Bonchev–Trinajstić information content (AvgIpc) is 2.64. The van der Waals surface area contributed by atoms with E-state index in [1.54, 1.807) is 12.3 Å². The fourth-order valence-corrected chi connectivity index (χ4v) is 2.77. The number of rotatable bonds is 5. The normalized spacial score (nSPS) is 12.1. The molecule has 0 aliphatic rings. The van der Waals surface area contributed by atoms with Crippen molar-refractivity contribution in [2.24, 2.45) is 10.7 Å². The Bertz CT molecular complexity index is 991. The number of allylic oxidation sites excluding steroid dienone is 1. The lowest BCUT2D eigenvalue weighted by atomic mass is 10.1. The van der Waals surface area contributed by atoms with Gasteiger partial charge in [-0.1, -0.05) is 36.4 Å². The molecule has 132 valence electrons. The van der Waals surface area contributed by atoms with E-state index in [-0.39, 0.29) is 5.82 Å². The lowest BCUT2D eigenvalue weighted by Crippen LogP contribution is -2.07. The Morgan fingerprint density at radius 1 is 1.00 bits per heavy atom. The molecule has 3 aromatic rings. The first kappa shape index (κ1) is 17.3. The van der Waals surface area contributed by atoms with Crippen molar-refractivity contribution in [3.8, 4) is 0 Å². The summed E-state index contributed by atoms with van der Waals surface area (Å²) in [4.78, 5) is 8.44. The smallest absolute Gasteiger partial charge is 0.149 e. The van der Waals surface area contributed by atoms with Crippen molar-refractivity contribution in [2.75, 3.05) is 17.2 Å². The van der Waals surface area contributed by atoms with Crippen molar-refractivity contribution >= 4 is 34.3 Å². The molecule has 0 atom stereocenters. The van der Waals surface area contributed by atoms with Gasteiger partial charge < -0.3 is 22.9 Å². The van der Waals surface area contributed by atoms with Crippen LogP contribution in [0.2, 0.25) is 0 Å². The quantitative estimate of drug-likeness (QED) is 0.528. The number of pyridine rings is 1. The first-order valence-corrected chi connectivity index (χ1v) is 8.25. The molecule has 0 spiro atoms. The number of anilines is 3. The van der Waals surface area contributed by atoms with E-state index in [1.165, 1.54) is 17.0 Å². The summed E-state index contributed by atoms with van der Waals surface area (Å²) in [5, 5.41) is 2.41. The lowest BCUT2D eigenvalue weighted by molar-refractivity contribution is 1.07. The summed E-state index contributed by atoms with van der Waals surface area (Å²) in [7, 11) is 0. The molecule has 8 N–H and O–H groups in total. The molecule has 2 aromatic carbocycles. The van der Waals surface area contributed by atoms with Crippen LogP contribution in [0.25, 0.3) is 10.8 Å². The van der Waals surface area contributed by atoms with Crippen molar-refractivity contribution in [3.63, 3.8) is 0 Å². The van der Waals surface area contributed by atoms with Crippen LogP contribution in [0.1, 0.15) is 11.1 Å². The topological polar surface area (TPSA) is 129 Å². The Hall–Kier alpha value is -3.54. The molecule has 0 unspecified atom stereocenters. The molecule has 1 aromatic heterocycles. The Morgan fingerprint density at radius 2 is 1.77 bits per heavy atom. The molecule has 0 fully saturated rings. The van der Waals surface area contributed by atoms with E-state index < -0.39 is 0 Å². The summed E-state index contributed by atoms with van der Waals surface area (Å²) in [5.74, 6) is 0.556. The monoisotopic (exact) mass is 346 g/mol. The third kappa shape index (κ3) is 3.92. The lowest BCUT2D eigenvalue weighted by Gasteiger charge is -2.09. The van der Waals surface area contributed by atoms with Crippen LogP contribution >= 0.6 is 0 Å². The molecule has 0 amide bonds. The highest BCUT2D eigenvalue weighted by Crippen LogP contribution is 2.22. The van der Waals surface area contributed by atoms with E-state index in [0.29, 0.717) is 24.5 Å². The second kappa shape index (κ2) is 7.57. The van der Waals surface area contributed by atoms with Crippen LogP contribution in [0.5, 0.6) is 0 Å². The molecule has 6 heteroatoms. The molecule has 26 heavy (non-hydrogen) atoms. The van der Waals surface area contributed by atoms with Gasteiger partial charge in [-0.05, 0) is 45.8 Å². The van der Waals surface area contributed by atoms with Crippen LogP contribution in [-0.4, -0.2) is 11.2 Å². The third-order valence-corrected chi connectivity index (χ3v) is 4.15. The predicted molar refractivity (Wildman–Crippen MR) is 110 cm³/mol. The molecule has 6 nitrogen and oxygen atoms in total. The summed E-state index contributed by atoms with van der Waals surface area (Å²) in [6, 6.07) is 16.3. The van der Waals surface area contributed by atoms with Crippen molar-refractivity contribution < 1.29 is 0 Å². The van der Waals surface area contributed by atoms with Crippen molar-refractivity contribution in [3.05, 3.63) is 71.4 Å². The number of fused-ring (bicyclic) bond motifs is 1. The van der Waals surface area contributed by atoms with Crippen molar-refractivity contribution in [1.29, 1.82) is 0 Å². The van der Waals surface area contributed by atoms with E-state index in [2.05, 4.69) is 40.3 Å². The Labute approximate surface area is 152 Å². The minimum absolute atomic E-state index is 0.226. The van der Waals surface area contributed by atoms with E-state index >= 15 is 0 Å². The fraction of sp³-hybridized carbons (Fsp3) is 0.100. The van der Waals surface area contributed by atoms with E-state index in [9.17, 15) is 0 Å². The molecule has 1 heterocycles. The Kier molecular flexibility index (Phi) is 5.03. The van der Waals surface area contributed by atoms with Crippen LogP contribution < -0.4 is 22.9 Å². The number of aromatic nitrogens is 1. The molecule has 0 aliphatic heterocycles. The summed E-state index contributed by atoms with van der Waals surface area (Å²) in [5.41, 5.74) is 26.3. The summed E-state index contributed by atoms with van der Waals surface area (Å²) >= 11 is 0. The van der Waals surface area contributed by atoms with Gasteiger partial charge >= 0.3 is 0 Å². The maximum Gasteiger partial charge on any atom is 0.149 e.